The molecular weight excluding hydrogens is 238 g/mol. The van der Waals surface area contributed by atoms with Gasteiger partial charge >= 0.3 is 5.97 Å². The normalized spacial score (nSPS) is 23.5. The molecule has 1 aliphatic rings. The highest BCUT2D eigenvalue weighted by atomic mass is 16.5. The number of benzene rings is 1. The standard InChI is InChI=1S/C16H23NO2/c1-4-19-16(18)12(3)17-15-10-9-11(2)13-7-5-6-8-14(13)15/h5-8,11-12,15,17H,4,9-10H2,1-3H3. The van der Waals surface area contributed by atoms with Crippen molar-refractivity contribution in [3.8, 4) is 0 Å². The molecule has 1 aromatic carbocycles. The van der Waals surface area contributed by atoms with Crippen molar-refractivity contribution in [2.75, 3.05) is 6.61 Å². The molecule has 0 aromatic heterocycles. The van der Waals surface area contributed by atoms with Gasteiger partial charge in [0, 0.05) is 6.04 Å². The Morgan fingerprint density at radius 3 is 2.74 bits per heavy atom. The highest BCUT2D eigenvalue weighted by Crippen LogP contribution is 2.37. The molecule has 3 atom stereocenters. The zero-order valence-electron chi connectivity index (χ0n) is 12.0. The molecule has 0 radical (unpaired) electrons. The number of carbonyl (C=O) groups excluding carboxylic acids is 1. The second-order valence-electron chi connectivity index (χ2n) is 5.30. The van der Waals surface area contributed by atoms with Crippen molar-refractivity contribution in [1.29, 1.82) is 0 Å². The van der Waals surface area contributed by atoms with Gasteiger partial charge in [-0.2, -0.15) is 0 Å². The number of hydrogen-bond acceptors (Lipinski definition) is 3. The van der Waals surface area contributed by atoms with E-state index in [1.54, 1.807) is 0 Å². The number of hydrogen-bond donors (Lipinski definition) is 1. The smallest absolute Gasteiger partial charge is 0.322 e. The van der Waals surface area contributed by atoms with E-state index in [0.717, 1.165) is 12.8 Å². The van der Waals surface area contributed by atoms with Gasteiger partial charge in [-0.3, -0.25) is 10.1 Å². The number of nitrogens with one attached hydrogen (secondary N) is 1. The van der Waals surface area contributed by atoms with E-state index in [0.29, 0.717) is 12.5 Å². The first kappa shape index (κ1) is 14.1. The Balaban J connectivity index is 2.10. The van der Waals surface area contributed by atoms with E-state index in [-0.39, 0.29) is 18.1 Å². The Labute approximate surface area is 115 Å². The fourth-order valence-corrected chi connectivity index (χ4v) is 2.81. The van der Waals surface area contributed by atoms with E-state index in [1.165, 1.54) is 11.1 Å². The Morgan fingerprint density at radius 2 is 2.05 bits per heavy atom. The molecule has 3 nitrogen and oxygen atoms in total. The molecule has 1 aliphatic carbocycles. The third kappa shape index (κ3) is 3.16. The van der Waals surface area contributed by atoms with Crippen LogP contribution in [0.25, 0.3) is 0 Å². The third-order valence-corrected chi connectivity index (χ3v) is 3.88. The van der Waals surface area contributed by atoms with Crippen LogP contribution in [0, 0.1) is 0 Å². The van der Waals surface area contributed by atoms with Gasteiger partial charge in [0.1, 0.15) is 6.04 Å². The third-order valence-electron chi connectivity index (χ3n) is 3.88. The minimum absolute atomic E-state index is 0.168. The lowest BCUT2D eigenvalue weighted by Crippen LogP contribution is -2.39. The summed E-state index contributed by atoms with van der Waals surface area (Å²) in [4.78, 5) is 11.7. The van der Waals surface area contributed by atoms with E-state index in [1.807, 2.05) is 13.8 Å². The van der Waals surface area contributed by atoms with Crippen LogP contribution < -0.4 is 5.32 Å². The summed E-state index contributed by atoms with van der Waals surface area (Å²) in [5, 5.41) is 3.41. The molecule has 0 saturated carbocycles. The van der Waals surface area contributed by atoms with E-state index in [9.17, 15) is 4.79 Å². The molecule has 0 aliphatic heterocycles. The Morgan fingerprint density at radius 1 is 1.37 bits per heavy atom. The van der Waals surface area contributed by atoms with Crippen LogP contribution in [-0.2, 0) is 9.53 Å². The predicted molar refractivity (Wildman–Crippen MR) is 76.1 cm³/mol. The van der Waals surface area contributed by atoms with Gasteiger partial charge in [-0.05, 0) is 43.7 Å². The van der Waals surface area contributed by atoms with Crippen LogP contribution in [0.1, 0.15) is 56.7 Å². The van der Waals surface area contributed by atoms with Crippen molar-refractivity contribution in [2.24, 2.45) is 0 Å². The summed E-state index contributed by atoms with van der Waals surface area (Å²) in [7, 11) is 0. The lowest BCUT2D eigenvalue weighted by atomic mass is 9.81. The van der Waals surface area contributed by atoms with Gasteiger partial charge in [-0.1, -0.05) is 31.2 Å². The molecule has 19 heavy (non-hydrogen) atoms. The van der Waals surface area contributed by atoms with Crippen LogP contribution >= 0.6 is 0 Å². The summed E-state index contributed by atoms with van der Waals surface area (Å²) in [5.74, 6) is 0.436. The fraction of sp³-hybridized carbons (Fsp3) is 0.562. The van der Waals surface area contributed by atoms with Crippen molar-refractivity contribution in [3.63, 3.8) is 0 Å². The van der Waals surface area contributed by atoms with Gasteiger partial charge in [-0.25, -0.2) is 0 Å². The van der Waals surface area contributed by atoms with Crippen molar-refractivity contribution >= 4 is 5.97 Å². The van der Waals surface area contributed by atoms with Crippen LogP contribution in [0.15, 0.2) is 24.3 Å². The number of fused-ring (bicyclic) bond motifs is 1. The van der Waals surface area contributed by atoms with Crippen LogP contribution in [-0.4, -0.2) is 18.6 Å². The molecular formula is C16H23NO2. The van der Waals surface area contributed by atoms with Crippen LogP contribution in [0.4, 0.5) is 0 Å². The zero-order chi connectivity index (χ0) is 13.8. The van der Waals surface area contributed by atoms with Crippen LogP contribution in [0.3, 0.4) is 0 Å². The minimum atomic E-state index is -0.258. The maximum Gasteiger partial charge on any atom is 0.322 e. The number of carbonyl (C=O) groups is 1. The van der Waals surface area contributed by atoms with Gasteiger partial charge in [-0.15, -0.1) is 0 Å². The molecule has 104 valence electrons. The minimum Gasteiger partial charge on any atom is -0.465 e. The zero-order valence-corrected chi connectivity index (χ0v) is 12.0. The Bertz CT molecular complexity index is 444. The fourth-order valence-electron chi connectivity index (χ4n) is 2.81. The summed E-state index contributed by atoms with van der Waals surface area (Å²) >= 11 is 0. The molecule has 0 heterocycles. The molecule has 1 N–H and O–H groups in total. The van der Waals surface area contributed by atoms with Gasteiger partial charge in [0.2, 0.25) is 0 Å². The quantitative estimate of drug-likeness (QED) is 0.846. The van der Waals surface area contributed by atoms with Gasteiger partial charge in [0.15, 0.2) is 0 Å². The first-order valence-corrected chi connectivity index (χ1v) is 7.15. The second-order valence-corrected chi connectivity index (χ2v) is 5.30. The van der Waals surface area contributed by atoms with Crippen molar-refractivity contribution in [2.45, 2.75) is 51.6 Å². The van der Waals surface area contributed by atoms with Gasteiger partial charge in [0.25, 0.3) is 0 Å². The number of esters is 1. The first-order valence-electron chi connectivity index (χ1n) is 7.15. The van der Waals surface area contributed by atoms with Crippen LogP contribution in [0.2, 0.25) is 0 Å². The van der Waals surface area contributed by atoms with E-state index in [2.05, 4.69) is 36.5 Å². The summed E-state index contributed by atoms with van der Waals surface area (Å²) in [6.07, 6.45) is 2.23. The van der Waals surface area contributed by atoms with E-state index < -0.39 is 0 Å². The van der Waals surface area contributed by atoms with E-state index >= 15 is 0 Å². The summed E-state index contributed by atoms with van der Waals surface area (Å²) in [6.45, 7) is 6.41. The Kier molecular flexibility index (Phi) is 4.59. The molecule has 0 saturated heterocycles. The monoisotopic (exact) mass is 261 g/mol. The predicted octanol–water partition coefficient (Wildman–Crippen LogP) is 3.17. The lowest BCUT2D eigenvalue weighted by molar-refractivity contribution is -0.145. The molecule has 3 unspecified atom stereocenters. The van der Waals surface area contributed by atoms with Crippen LogP contribution in [0.5, 0.6) is 0 Å². The number of rotatable bonds is 4. The van der Waals surface area contributed by atoms with Crippen molar-refractivity contribution in [3.05, 3.63) is 35.4 Å². The maximum atomic E-state index is 11.7. The summed E-state index contributed by atoms with van der Waals surface area (Å²) < 4.78 is 5.05. The molecule has 0 amide bonds. The van der Waals surface area contributed by atoms with Crippen molar-refractivity contribution in [1.82, 2.24) is 5.32 Å². The molecule has 0 fully saturated rings. The van der Waals surface area contributed by atoms with Gasteiger partial charge in [0.05, 0.1) is 6.61 Å². The molecule has 1 aromatic rings. The largest absolute Gasteiger partial charge is 0.465 e. The number of ether oxygens (including phenoxy) is 1. The molecule has 0 bridgehead atoms. The average molecular weight is 261 g/mol. The summed E-state index contributed by atoms with van der Waals surface area (Å²) in [6, 6.07) is 8.52. The maximum absolute atomic E-state index is 11.7. The van der Waals surface area contributed by atoms with Gasteiger partial charge < -0.3 is 4.74 Å². The molecule has 3 heteroatoms. The highest BCUT2D eigenvalue weighted by molar-refractivity contribution is 5.75. The van der Waals surface area contributed by atoms with Crippen molar-refractivity contribution < 1.29 is 9.53 Å². The summed E-state index contributed by atoms with van der Waals surface area (Å²) in [5.41, 5.74) is 2.74. The molecule has 0 spiro atoms. The lowest BCUT2D eigenvalue weighted by Gasteiger charge is -2.31. The first-order chi connectivity index (χ1) is 9.13. The highest BCUT2D eigenvalue weighted by Gasteiger charge is 2.27. The topological polar surface area (TPSA) is 38.3 Å². The molecule has 2 rings (SSSR count). The second kappa shape index (κ2) is 6.20. The average Bonchev–Trinajstić information content (AvgIpc) is 2.42. The Hall–Kier alpha value is -1.35. The SMILES string of the molecule is CCOC(=O)C(C)NC1CCC(C)c2ccccc21. The van der Waals surface area contributed by atoms with E-state index in [4.69, 9.17) is 4.74 Å².